The highest BCUT2D eigenvalue weighted by Crippen LogP contribution is 2.57. The quantitative estimate of drug-likeness (QED) is 0.00552. The standard InChI is InChI=1S/C33H45N7O10P2SSi.C33H45N7O10P2Si.C5H7N3S3.C2H3N.2H2O/c1-9-22-27(28(50-54(7,8)33(3,4)5)30(46-22)40-16-11-25(42)38-18-13-36-32(38)40)49-52(53,44-19-14-34-6)45-20-23-21(2)26(48-51-43)29(47-23)39-15-10-24(41)37-17-12-35-31(37)39;1-9-22-27(28(50-53(7,8)33(3,4)5)30(46-22)40-16-11-25(42)38-18-13-36-32(38)40)49-52(44-19-14-34-6)45-20-23-21(2)26(48-51-43)29(47-23)39-15-10-24(41)37-17-12-35-31(37)39;1-8(2)3-6-4-7-5(9)11-10-4;1-2-3;;/h10-13,15-18,21-23,26-30H,9,14,19-20H2,1-5,7-8H3;10-13,15-18,21-23,26-30H,9,14,19-20H2,1-5,7-8H3;3H,1-2H3;1H3;2*1H2/t2*21-,22-,23-,26-,27-,28-,29-,30-,52?;;;;/m11..../s1. The van der Waals surface area contributed by atoms with Gasteiger partial charge in [-0.15, -0.1) is 0 Å². The van der Waals surface area contributed by atoms with Crippen LogP contribution >= 0.6 is 65.6 Å². The molecule has 4 aliphatic rings. The Labute approximate surface area is 733 Å². The van der Waals surface area contributed by atoms with Crippen LogP contribution < -0.4 is 22.2 Å². The Morgan fingerprint density at radius 2 is 0.976 bits per heavy atom. The molecule has 18 atom stereocenters. The van der Waals surface area contributed by atoms with Crippen LogP contribution in [0.1, 0.15) is 114 Å². The summed E-state index contributed by atoms with van der Waals surface area (Å²) in [6, 6.07) is 7.43. The molecule has 0 spiro atoms. The summed E-state index contributed by atoms with van der Waals surface area (Å²) in [5.41, 5.74) is -0.985. The zero-order valence-electron chi connectivity index (χ0n) is 70.8. The summed E-state index contributed by atoms with van der Waals surface area (Å²) in [6.07, 6.45) is 12.1. The first-order valence-electron chi connectivity index (χ1n) is 38.6. The summed E-state index contributed by atoms with van der Waals surface area (Å²) in [6.45, 7) is 41.6. The van der Waals surface area contributed by atoms with Crippen LogP contribution in [0, 0.1) is 40.3 Å². The van der Waals surface area contributed by atoms with Crippen molar-refractivity contribution in [3.05, 3.63) is 167 Å². The number of aliphatic imine (C=N–C) groups is 1. The molecular weight excluding hydrogens is 1790 g/mol. The van der Waals surface area contributed by atoms with Crippen LogP contribution in [-0.2, 0) is 84.9 Å². The van der Waals surface area contributed by atoms with Gasteiger partial charge in [0.2, 0.25) is 41.3 Å². The van der Waals surface area contributed by atoms with Crippen LogP contribution in [0.2, 0.25) is 36.3 Å². The molecule has 50 heteroatoms. The second-order valence-electron chi connectivity index (χ2n) is 31.5. The van der Waals surface area contributed by atoms with Gasteiger partial charge in [-0.05, 0) is 93.8 Å². The maximum Gasteiger partial charge on any atom is 0.333 e. The van der Waals surface area contributed by atoms with Crippen molar-refractivity contribution in [2.45, 2.75) is 211 Å². The molecule has 4 N–H and O–H groups in total. The van der Waals surface area contributed by atoms with Crippen molar-refractivity contribution in [1.29, 1.82) is 5.26 Å². The first-order chi connectivity index (χ1) is 57.5. The molecule has 13 heterocycles. The lowest BCUT2D eigenvalue weighted by Crippen LogP contribution is -2.49. The smallest absolute Gasteiger partial charge is 0.333 e. The Balaban J connectivity index is 0.000000260. The van der Waals surface area contributed by atoms with Crippen LogP contribution in [0.5, 0.6) is 0 Å². The number of hydrogen-bond acceptors (Lipinski definition) is 31. The van der Waals surface area contributed by atoms with E-state index in [-0.39, 0.29) is 94.6 Å². The van der Waals surface area contributed by atoms with Gasteiger partial charge in [0.1, 0.15) is 49.8 Å². The number of rotatable bonds is 32. The van der Waals surface area contributed by atoms with E-state index in [4.69, 9.17) is 106 Å². The van der Waals surface area contributed by atoms with E-state index in [0.717, 1.165) is 5.13 Å². The molecule has 40 nitrogen and oxygen atoms in total. The Morgan fingerprint density at radius 3 is 1.34 bits per heavy atom. The largest absolute Gasteiger partial charge is 0.412 e. The van der Waals surface area contributed by atoms with Gasteiger partial charge in [-0.3, -0.25) is 68.6 Å². The normalized spacial score (nSPS) is 24.8. The summed E-state index contributed by atoms with van der Waals surface area (Å²) in [4.78, 5) is 84.5. The lowest BCUT2D eigenvalue weighted by molar-refractivity contribution is -0.0464. The fraction of sp³-hybridized carbons (Fsp3) is 0.589. The van der Waals surface area contributed by atoms with E-state index in [2.05, 4.69) is 107 Å². The summed E-state index contributed by atoms with van der Waals surface area (Å²) in [5, 5.41) is 7.70. The highest BCUT2D eigenvalue weighted by molar-refractivity contribution is 8.07. The maximum absolute atomic E-state index is 12.7. The average Bonchev–Trinajstić information content (AvgIpc) is 1.61. The molecule has 0 radical (unpaired) electrons. The molecule has 0 aliphatic carbocycles. The Kier molecular flexibility index (Phi) is 36.7. The highest BCUT2D eigenvalue weighted by Gasteiger charge is 2.56. The van der Waals surface area contributed by atoms with Crippen LogP contribution in [0.25, 0.3) is 32.8 Å². The van der Waals surface area contributed by atoms with Crippen LogP contribution in [-0.4, -0.2) is 214 Å². The van der Waals surface area contributed by atoms with Crippen molar-refractivity contribution in [2.75, 3.05) is 53.6 Å². The Bertz CT molecular complexity index is 5560. The monoisotopic (exact) mass is 1890 g/mol. The van der Waals surface area contributed by atoms with Gasteiger partial charge in [-0.25, -0.2) is 47.2 Å². The van der Waals surface area contributed by atoms with E-state index in [0.29, 0.717) is 39.9 Å². The molecule has 9 aromatic heterocycles. The second-order valence-corrected chi connectivity index (χ2v) is 48.6. The van der Waals surface area contributed by atoms with E-state index in [1.54, 1.807) is 92.6 Å². The van der Waals surface area contributed by atoms with Gasteiger partial charge >= 0.3 is 32.7 Å². The van der Waals surface area contributed by atoms with Crippen LogP contribution in [0.4, 0.5) is 5.13 Å². The molecule has 0 saturated carbocycles. The third-order valence-electron chi connectivity index (χ3n) is 21.4. The topological polar surface area (TPSA) is 445 Å². The minimum atomic E-state index is -3.68. The molecule has 0 bridgehead atoms. The Morgan fingerprint density at radius 1 is 0.602 bits per heavy atom. The molecule has 9 aromatic rings. The number of ether oxygens (including phenoxy) is 4. The van der Waals surface area contributed by atoms with Crippen molar-refractivity contribution in [3.8, 4) is 6.07 Å². The van der Waals surface area contributed by atoms with Gasteiger partial charge in [0.05, 0.1) is 50.0 Å². The third kappa shape index (κ3) is 23.8. The van der Waals surface area contributed by atoms with Gasteiger partial charge in [-0.2, -0.15) is 10.2 Å². The minimum absolute atomic E-state index is 0. The van der Waals surface area contributed by atoms with Crippen molar-refractivity contribution >= 4 is 129 Å². The van der Waals surface area contributed by atoms with Gasteiger partial charge in [0, 0.05) is 131 Å². The predicted molar refractivity (Wildman–Crippen MR) is 470 cm³/mol. The van der Waals surface area contributed by atoms with Gasteiger partial charge in [-0.1, -0.05) is 69.2 Å². The van der Waals surface area contributed by atoms with E-state index >= 15 is 0 Å². The van der Waals surface area contributed by atoms with E-state index in [1.807, 2.05) is 46.7 Å². The number of nitriles is 1. The van der Waals surface area contributed by atoms with E-state index in [1.165, 1.54) is 81.9 Å². The molecule has 123 heavy (non-hydrogen) atoms. The summed E-state index contributed by atoms with van der Waals surface area (Å²) in [7, 11) is -1.37. The van der Waals surface area contributed by atoms with Crippen molar-refractivity contribution in [2.24, 2.45) is 16.8 Å². The summed E-state index contributed by atoms with van der Waals surface area (Å²) >= 11 is 10.9. The maximum atomic E-state index is 12.7. The summed E-state index contributed by atoms with van der Waals surface area (Å²) < 4.78 is 127. The number of aromatic nitrogens is 13. The predicted octanol–water partition coefficient (Wildman–Crippen LogP) is 11.8. The zero-order chi connectivity index (χ0) is 88.1. The molecule has 4 fully saturated rings. The zero-order valence-corrected chi connectivity index (χ0v) is 79.7. The molecule has 2 unspecified atom stereocenters. The number of fused-ring (bicyclic) bond motifs is 4. The molecule has 0 amide bonds. The average molecular weight is 1890 g/mol. The fourth-order valence-corrected chi connectivity index (χ4v) is 21.5. The molecule has 670 valence electrons. The number of nitrogens with zero attached hydrogens (tertiary/aromatic N) is 18. The molecule has 4 saturated heterocycles. The number of hydrogen-bond donors (Lipinski definition) is 0. The molecule has 13 rings (SSSR count). The van der Waals surface area contributed by atoms with E-state index in [9.17, 15) is 28.3 Å². The minimum Gasteiger partial charge on any atom is -0.412 e. The van der Waals surface area contributed by atoms with Crippen LogP contribution in [0.15, 0.2) is 123 Å². The third-order valence-corrected chi connectivity index (χ3v) is 37.0. The van der Waals surface area contributed by atoms with Gasteiger partial charge < -0.3 is 76.0 Å². The lowest BCUT2D eigenvalue weighted by atomic mass is 10.0. The van der Waals surface area contributed by atoms with Crippen molar-refractivity contribution in [3.63, 3.8) is 0 Å². The van der Waals surface area contributed by atoms with Gasteiger partial charge in [0.15, 0.2) is 45.5 Å². The lowest BCUT2D eigenvalue weighted by Gasteiger charge is -2.41. The van der Waals surface area contributed by atoms with Gasteiger partial charge in [0.25, 0.3) is 22.2 Å². The first-order valence-corrected chi connectivity index (χ1v) is 52.1. The van der Waals surface area contributed by atoms with Crippen LogP contribution in [0.3, 0.4) is 0 Å². The summed E-state index contributed by atoms with van der Waals surface area (Å²) in [5.74, 6) is 0.725. The van der Waals surface area contributed by atoms with Crippen molar-refractivity contribution in [1.82, 2.24) is 65.7 Å². The van der Waals surface area contributed by atoms with Crippen molar-refractivity contribution < 1.29 is 84.1 Å². The molecular formula is C73H104N18O22P4S4Si2. The SMILES string of the molecule is CC#N.CN(C)C=Nc1nc(=S)ss1.O.O.[C-]#[N+]CCOP(=S)(OC[C@H]1O[C@@H](n2ccc(=O)n3ccnc23)[C@H](OP=O)[C@@H]1C)O[C@H]1[C@@H](O[Si](C)(C)C(C)(C)C)[C@H](n2ccc(=O)n3ccnc23)O[C@@H]1CC.[C-]#[N+]CCOP(OC[C@H]1O[C@@H](n2ccc(=O)n3ccnc23)[C@H](OP=O)[C@@H]1C)O[C@H]1[C@@H](O[Si](C)(C)C(C)(C)C)[C@H](n2ccc(=O)n3ccnc23)O[C@@H]1CC. The Hall–Kier alpha value is -7.11. The first kappa shape index (κ1) is 101. The molecule has 0 aromatic carbocycles. The number of imidazole rings is 4. The molecule has 4 aliphatic heterocycles. The van der Waals surface area contributed by atoms with E-state index < -0.39 is 135 Å². The highest BCUT2D eigenvalue weighted by atomic mass is 32.9. The fourth-order valence-electron chi connectivity index (χ4n) is 13.1. The second kappa shape index (κ2) is 44.6.